The number of hydrogen-bond donors (Lipinski definition) is 2. The van der Waals surface area contributed by atoms with Gasteiger partial charge in [-0.25, -0.2) is 0 Å². The largest absolute Gasteiger partial charge is 0.496 e. The van der Waals surface area contributed by atoms with Gasteiger partial charge < -0.3 is 15.4 Å². The smallest absolute Gasteiger partial charge is 0.420 e. The molecule has 2 aromatic rings. The molecular formula is C20H20F3IN2O3. The number of amides is 2. The maximum absolute atomic E-state index is 13.2. The van der Waals surface area contributed by atoms with Gasteiger partial charge in [0.25, 0.3) is 11.8 Å². The zero-order chi connectivity index (χ0) is 22.0. The molecule has 2 rings (SSSR count). The van der Waals surface area contributed by atoms with Gasteiger partial charge in [0.15, 0.2) is 0 Å². The summed E-state index contributed by atoms with van der Waals surface area (Å²) in [6.45, 7) is 5.41. The van der Waals surface area contributed by atoms with Crippen molar-refractivity contribution >= 4 is 40.1 Å². The van der Waals surface area contributed by atoms with E-state index in [1.54, 1.807) is 32.9 Å². The summed E-state index contributed by atoms with van der Waals surface area (Å²) < 4.78 is 44.9. The van der Waals surface area contributed by atoms with Crippen molar-refractivity contribution < 1.29 is 27.5 Å². The van der Waals surface area contributed by atoms with E-state index < -0.39 is 29.1 Å². The molecule has 156 valence electrons. The first kappa shape index (κ1) is 23.0. The first-order chi connectivity index (χ1) is 13.3. The molecule has 0 spiro atoms. The average Bonchev–Trinajstić information content (AvgIpc) is 2.59. The molecule has 29 heavy (non-hydrogen) atoms. The summed E-state index contributed by atoms with van der Waals surface area (Å²) in [5.41, 5.74) is -1.38. The fraction of sp³-hybridized carbons (Fsp3) is 0.300. The molecule has 0 heterocycles. The Labute approximate surface area is 180 Å². The summed E-state index contributed by atoms with van der Waals surface area (Å²) in [4.78, 5) is 25.4. The Hall–Kier alpha value is -2.30. The average molecular weight is 520 g/mol. The minimum Gasteiger partial charge on any atom is -0.496 e. The lowest BCUT2D eigenvalue weighted by molar-refractivity contribution is -0.138. The number of ether oxygens (including phenoxy) is 1. The standard InChI is InChI=1S/C20H20F3IN2O3/c1-19(2,3)26-18(28)16-12(6-5-7-14(16)24)17(27)25-11-8-9-15(29-4)13(10-11)20(21,22)23/h5-10H,1-4H3,(H,25,27)(H,26,28). The molecule has 2 N–H and O–H groups in total. The summed E-state index contributed by atoms with van der Waals surface area (Å²) in [6.07, 6.45) is -4.65. The predicted octanol–water partition coefficient (Wildman–Crippen LogP) is 5.10. The molecular weight excluding hydrogens is 500 g/mol. The Bertz CT molecular complexity index is 938. The van der Waals surface area contributed by atoms with Crippen LogP contribution in [0.4, 0.5) is 18.9 Å². The number of methoxy groups -OCH3 is 1. The van der Waals surface area contributed by atoms with Crippen LogP contribution in [0.15, 0.2) is 36.4 Å². The van der Waals surface area contributed by atoms with E-state index in [4.69, 9.17) is 4.74 Å². The van der Waals surface area contributed by atoms with E-state index >= 15 is 0 Å². The number of carbonyl (C=O) groups is 2. The van der Waals surface area contributed by atoms with Crippen LogP contribution in [-0.2, 0) is 6.18 Å². The van der Waals surface area contributed by atoms with Gasteiger partial charge in [-0.2, -0.15) is 13.2 Å². The number of alkyl halides is 3. The van der Waals surface area contributed by atoms with Crippen LogP contribution in [0.1, 0.15) is 47.1 Å². The van der Waals surface area contributed by atoms with Crippen molar-refractivity contribution in [3.63, 3.8) is 0 Å². The molecule has 5 nitrogen and oxygen atoms in total. The lowest BCUT2D eigenvalue weighted by Crippen LogP contribution is -2.41. The molecule has 0 saturated carbocycles. The van der Waals surface area contributed by atoms with Gasteiger partial charge in [0, 0.05) is 14.8 Å². The molecule has 0 fully saturated rings. The molecule has 0 saturated heterocycles. The highest BCUT2D eigenvalue weighted by Crippen LogP contribution is 2.37. The maximum Gasteiger partial charge on any atom is 0.420 e. The van der Waals surface area contributed by atoms with Crippen LogP contribution >= 0.6 is 22.6 Å². The quantitative estimate of drug-likeness (QED) is 0.552. The minimum absolute atomic E-state index is 0.0584. The number of anilines is 1. The topological polar surface area (TPSA) is 67.4 Å². The van der Waals surface area contributed by atoms with Gasteiger partial charge in [0.1, 0.15) is 5.75 Å². The van der Waals surface area contributed by atoms with Crippen molar-refractivity contribution in [1.82, 2.24) is 5.32 Å². The van der Waals surface area contributed by atoms with Gasteiger partial charge in [-0.05, 0) is 73.7 Å². The van der Waals surface area contributed by atoms with Gasteiger partial charge >= 0.3 is 6.18 Å². The van der Waals surface area contributed by atoms with Gasteiger partial charge in [0.05, 0.1) is 23.8 Å². The summed E-state index contributed by atoms with van der Waals surface area (Å²) in [5, 5.41) is 5.22. The lowest BCUT2D eigenvalue weighted by atomic mass is 10.0. The number of benzene rings is 2. The Balaban J connectivity index is 2.40. The van der Waals surface area contributed by atoms with Gasteiger partial charge in [-0.1, -0.05) is 6.07 Å². The fourth-order valence-electron chi connectivity index (χ4n) is 2.55. The van der Waals surface area contributed by atoms with E-state index in [0.29, 0.717) is 3.57 Å². The number of carbonyl (C=O) groups excluding carboxylic acids is 2. The molecule has 0 aliphatic carbocycles. The summed E-state index contributed by atoms with van der Waals surface area (Å²) in [7, 11) is 1.13. The molecule has 2 amide bonds. The van der Waals surface area contributed by atoms with Crippen LogP contribution in [0, 0.1) is 3.57 Å². The Morgan fingerprint density at radius 3 is 2.24 bits per heavy atom. The normalized spacial score (nSPS) is 11.7. The van der Waals surface area contributed by atoms with Crippen LogP contribution in [0.25, 0.3) is 0 Å². The number of rotatable bonds is 4. The van der Waals surface area contributed by atoms with Crippen LogP contribution in [0.5, 0.6) is 5.75 Å². The van der Waals surface area contributed by atoms with Gasteiger partial charge in [0.2, 0.25) is 0 Å². The molecule has 0 aliphatic rings. The number of hydrogen-bond acceptors (Lipinski definition) is 3. The molecule has 0 unspecified atom stereocenters. The van der Waals surface area contributed by atoms with Crippen molar-refractivity contribution in [1.29, 1.82) is 0 Å². The molecule has 9 heteroatoms. The SMILES string of the molecule is COc1ccc(NC(=O)c2cccc(I)c2C(=O)NC(C)(C)C)cc1C(F)(F)F. The summed E-state index contributed by atoms with van der Waals surface area (Å²) in [5.74, 6) is -1.49. The third-order valence-corrected chi connectivity index (χ3v) is 4.64. The number of nitrogens with one attached hydrogen (secondary N) is 2. The first-order valence-corrected chi connectivity index (χ1v) is 9.59. The van der Waals surface area contributed by atoms with Gasteiger partial charge in [-0.15, -0.1) is 0 Å². The number of halogens is 4. The third kappa shape index (κ3) is 5.84. The predicted molar refractivity (Wildman–Crippen MR) is 112 cm³/mol. The van der Waals surface area contributed by atoms with Crippen molar-refractivity contribution in [2.75, 3.05) is 12.4 Å². The fourth-order valence-corrected chi connectivity index (χ4v) is 3.30. The highest BCUT2D eigenvalue weighted by Gasteiger charge is 2.34. The molecule has 2 aromatic carbocycles. The molecule has 0 radical (unpaired) electrons. The van der Waals surface area contributed by atoms with Crippen molar-refractivity contribution in [3.05, 3.63) is 56.7 Å². The van der Waals surface area contributed by atoms with Gasteiger partial charge in [-0.3, -0.25) is 9.59 Å². The Morgan fingerprint density at radius 2 is 1.69 bits per heavy atom. The Kier molecular flexibility index (Phi) is 6.82. The summed E-state index contributed by atoms with van der Waals surface area (Å²) >= 11 is 1.94. The van der Waals surface area contributed by atoms with E-state index in [1.165, 1.54) is 12.1 Å². The molecule has 0 bridgehead atoms. The Morgan fingerprint density at radius 1 is 1.03 bits per heavy atom. The highest BCUT2D eigenvalue weighted by atomic mass is 127. The van der Waals surface area contributed by atoms with Crippen LogP contribution in [-0.4, -0.2) is 24.5 Å². The van der Waals surface area contributed by atoms with Crippen molar-refractivity contribution in [3.8, 4) is 5.75 Å². The van der Waals surface area contributed by atoms with Crippen molar-refractivity contribution in [2.45, 2.75) is 32.5 Å². The lowest BCUT2D eigenvalue weighted by Gasteiger charge is -2.22. The van der Waals surface area contributed by atoms with E-state index in [1.807, 2.05) is 22.6 Å². The summed E-state index contributed by atoms with van der Waals surface area (Å²) in [6, 6.07) is 7.93. The van der Waals surface area contributed by atoms with E-state index in [2.05, 4.69) is 10.6 Å². The molecule has 0 aromatic heterocycles. The maximum atomic E-state index is 13.2. The van der Waals surface area contributed by atoms with Crippen LogP contribution in [0.3, 0.4) is 0 Å². The minimum atomic E-state index is -4.65. The second kappa shape index (κ2) is 8.60. The molecule has 0 aliphatic heterocycles. The van der Waals surface area contributed by atoms with Crippen LogP contribution in [0.2, 0.25) is 0 Å². The first-order valence-electron chi connectivity index (χ1n) is 8.51. The molecule has 0 atom stereocenters. The van der Waals surface area contributed by atoms with E-state index in [-0.39, 0.29) is 22.6 Å². The third-order valence-electron chi connectivity index (χ3n) is 3.74. The van der Waals surface area contributed by atoms with E-state index in [0.717, 1.165) is 19.2 Å². The highest BCUT2D eigenvalue weighted by molar-refractivity contribution is 14.1. The second-order valence-electron chi connectivity index (χ2n) is 7.23. The van der Waals surface area contributed by atoms with E-state index in [9.17, 15) is 22.8 Å². The zero-order valence-electron chi connectivity index (χ0n) is 16.2. The monoisotopic (exact) mass is 520 g/mol. The van der Waals surface area contributed by atoms with Crippen molar-refractivity contribution in [2.24, 2.45) is 0 Å². The second-order valence-corrected chi connectivity index (χ2v) is 8.40. The van der Waals surface area contributed by atoms with Crippen LogP contribution < -0.4 is 15.4 Å². The zero-order valence-corrected chi connectivity index (χ0v) is 18.4.